The maximum Gasteiger partial charge on any atom is 0.229 e. The number of hydrogen-bond donors (Lipinski definition) is 2. The number of anilines is 1. The largest absolute Gasteiger partial charge is 0.493 e. The van der Waals surface area contributed by atoms with Crippen LogP contribution in [-0.4, -0.2) is 28.2 Å². The molecule has 1 aromatic carbocycles. The Hall–Kier alpha value is -1.92. The molecule has 0 atom stereocenters. The number of nitrogens with one attached hydrogen (secondary N) is 1. The van der Waals surface area contributed by atoms with Gasteiger partial charge < -0.3 is 15.2 Å². The molecule has 0 bridgehead atoms. The molecule has 0 saturated heterocycles. The zero-order valence-corrected chi connectivity index (χ0v) is 14.2. The highest BCUT2D eigenvalue weighted by Crippen LogP contribution is 2.34. The van der Waals surface area contributed by atoms with Crippen LogP contribution in [0.25, 0.3) is 11.3 Å². The third-order valence-electron chi connectivity index (χ3n) is 4.76. The number of carbonyl (C=O) groups excluding carboxylic acids is 1. The van der Waals surface area contributed by atoms with Gasteiger partial charge >= 0.3 is 0 Å². The van der Waals surface area contributed by atoms with Crippen molar-refractivity contribution >= 4 is 22.4 Å². The van der Waals surface area contributed by atoms with Crippen LogP contribution in [0.1, 0.15) is 37.7 Å². The lowest BCUT2D eigenvalue weighted by Crippen LogP contribution is -2.30. The average molecular weight is 344 g/mol. The summed E-state index contributed by atoms with van der Waals surface area (Å²) < 4.78 is 5.52. The van der Waals surface area contributed by atoms with Gasteiger partial charge in [0.15, 0.2) is 5.13 Å². The first-order valence-electron chi connectivity index (χ1n) is 8.35. The standard InChI is InChI=1S/C18H20N2O3S/c21-16(10-18(22)6-1-2-7-18)20-17-19-14(11-24-17)12-3-4-15-13(9-12)5-8-23-15/h3-4,9,11,22H,1-2,5-8,10H2,(H,19,20,21). The Bertz CT molecular complexity index is 765. The number of benzene rings is 1. The summed E-state index contributed by atoms with van der Waals surface area (Å²) in [4.78, 5) is 16.7. The smallest absolute Gasteiger partial charge is 0.229 e. The highest BCUT2D eigenvalue weighted by atomic mass is 32.1. The molecule has 24 heavy (non-hydrogen) atoms. The van der Waals surface area contributed by atoms with Crippen molar-refractivity contribution < 1.29 is 14.6 Å². The first-order chi connectivity index (χ1) is 11.6. The van der Waals surface area contributed by atoms with E-state index in [1.54, 1.807) is 0 Å². The van der Waals surface area contributed by atoms with Gasteiger partial charge in [-0.05, 0) is 36.6 Å². The third-order valence-corrected chi connectivity index (χ3v) is 5.52. The van der Waals surface area contributed by atoms with E-state index in [-0.39, 0.29) is 12.3 Å². The Kier molecular flexibility index (Phi) is 4.02. The third kappa shape index (κ3) is 3.16. The average Bonchev–Trinajstić information content (AvgIpc) is 3.26. The molecule has 2 aromatic rings. The fourth-order valence-electron chi connectivity index (χ4n) is 3.48. The van der Waals surface area contributed by atoms with E-state index in [9.17, 15) is 9.90 Å². The molecular formula is C18H20N2O3S. The van der Waals surface area contributed by atoms with Crippen molar-refractivity contribution in [3.05, 3.63) is 29.1 Å². The van der Waals surface area contributed by atoms with Crippen LogP contribution < -0.4 is 10.1 Å². The van der Waals surface area contributed by atoms with Gasteiger partial charge in [-0.3, -0.25) is 4.79 Å². The molecule has 4 rings (SSSR count). The van der Waals surface area contributed by atoms with Crippen molar-refractivity contribution in [3.8, 4) is 17.0 Å². The molecule has 2 aliphatic rings. The quantitative estimate of drug-likeness (QED) is 0.892. The highest BCUT2D eigenvalue weighted by Gasteiger charge is 2.33. The summed E-state index contributed by atoms with van der Waals surface area (Å²) in [5.41, 5.74) is 2.26. The van der Waals surface area contributed by atoms with E-state index in [1.807, 2.05) is 17.5 Å². The molecule has 0 unspecified atom stereocenters. The maximum absolute atomic E-state index is 12.2. The van der Waals surface area contributed by atoms with Gasteiger partial charge in [0.05, 0.1) is 24.3 Å². The number of rotatable bonds is 4. The second-order valence-corrected chi connectivity index (χ2v) is 7.47. The molecule has 1 aromatic heterocycles. The zero-order chi connectivity index (χ0) is 16.6. The fraction of sp³-hybridized carbons (Fsp3) is 0.444. The van der Waals surface area contributed by atoms with Crippen LogP contribution in [0, 0.1) is 0 Å². The Morgan fingerprint density at radius 2 is 2.21 bits per heavy atom. The number of amides is 1. The van der Waals surface area contributed by atoms with Crippen molar-refractivity contribution in [2.45, 2.75) is 44.1 Å². The Balaban J connectivity index is 1.44. The molecule has 0 radical (unpaired) electrons. The molecule has 1 fully saturated rings. The second-order valence-electron chi connectivity index (χ2n) is 6.62. The lowest BCUT2D eigenvalue weighted by atomic mass is 9.98. The maximum atomic E-state index is 12.2. The van der Waals surface area contributed by atoms with Crippen LogP contribution in [0.3, 0.4) is 0 Å². The van der Waals surface area contributed by atoms with Gasteiger partial charge in [0, 0.05) is 17.4 Å². The zero-order valence-electron chi connectivity index (χ0n) is 13.4. The number of nitrogens with zero attached hydrogens (tertiary/aromatic N) is 1. The van der Waals surface area contributed by atoms with Crippen molar-refractivity contribution in [1.82, 2.24) is 4.98 Å². The molecule has 2 heterocycles. The molecule has 1 amide bonds. The van der Waals surface area contributed by atoms with Gasteiger partial charge in [0.2, 0.25) is 5.91 Å². The van der Waals surface area contributed by atoms with Gasteiger partial charge in [-0.25, -0.2) is 4.98 Å². The second kappa shape index (κ2) is 6.18. The minimum atomic E-state index is -0.829. The van der Waals surface area contributed by atoms with Crippen LogP contribution in [0.15, 0.2) is 23.6 Å². The van der Waals surface area contributed by atoms with Gasteiger partial charge in [0.1, 0.15) is 5.75 Å². The first kappa shape index (κ1) is 15.6. The van der Waals surface area contributed by atoms with Crippen molar-refractivity contribution in [2.24, 2.45) is 0 Å². The lowest BCUT2D eigenvalue weighted by Gasteiger charge is -2.20. The molecule has 1 saturated carbocycles. The van der Waals surface area contributed by atoms with Gasteiger partial charge in [0.25, 0.3) is 0 Å². The summed E-state index contributed by atoms with van der Waals surface area (Å²) in [7, 11) is 0. The normalized spacial score (nSPS) is 18.2. The number of carbonyl (C=O) groups is 1. The van der Waals surface area contributed by atoms with Crippen LogP contribution in [-0.2, 0) is 11.2 Å². The highest BCUT2D eigenvalue weighted by molar-refractivity contribution is 7.14. The molecule has 6 heteroatoms. The summed E-state index contributed by atoms with van der Waals surface area (Å²) in [6, 6.07) is 6.07. The molecule has 5 nitrogen and oxygen atoms in total. The number of hydrogen-bond acceptors (Lipinski definition) is 5. The van der Waals surface area contributed by atoms with E-state index >= 15 is 0 Å². The summed E-state index contributed by atoms with van der Waals surface area (Å²) in [6.45, 7) is 0.736. The van der Waals surface area contributed by atoms with Crippen molar-refractivity contribution in [3.63, 3.8) is 0 Å². The SMILES string of the molecule is O=C(CC1(O)CCCC1)Nc1nc(-c2ccc3c(c2)CCO3)cs1. The van der Waals surface area contributed by atoms with E-state index in [0.717, 1.165) is 42.9 Å². The van der Waals surface area contributed by atoms with E-state index in [2.05, 4.69) is 16.4 Å². The predicted octanol–water partition coefficient (Wildman–Crippen LogP) is 3.38. The van der Waals surface area contributed by atoms with E-state index < -0.39 is 5.60 Å². The number of thiazole rings is 1. The van der Waals surface area contributed by atoms with Crippen LogP contribution in [0.4, 0.5) is 5.13 Å². The summed E-state index contributed by atoms with van der Waals surface area (Å²) in [5.74, 6) is 0.787. The van der Waals surface area contributed by atoms with Gasteiger partial charge in [-0.2, -0.15) is 0 Å². The predicted molar refractivity (Wildman–Crippen MR) is 93.4 cm³/mol. The minimum Gasteiger partial charge on any atom is -0.493 e. The molecule has 1 aliphatic heterocycles. The molecule has 0 spiro atoms. The van der Waals surface area contributed by atoms with Crippen molar-refractivity contribution in [2.75, 3.05) is 11.9 Å². The summed E-state index contributed by atoms with van der Waals surface area (Å²) in [6.07, 6.45) is 4.48. The van der Waals surface area contributed by atoms with Gasteiger partial charge in [-0.1, -0.05) is 12.8 Å². The summed E-state index contributed by atoms with van der Waals surface area (Å²) >= 11 is 1.41. The minimum absolute atomic E-state index is 0.151. The van der Waals surface area contributed by atoms with E-state index in [4.69, 9.17) is 4.74 Å². The topological polar surface area (TPSA) is 71.5 Å². The Labute approximate surface area is 144 Å². The van der Waals surface area contributed by atoms with Crippen LogP contribution in [0.2, 0.25) is 0 Å². The van der Waals surface area contributed by atoms with E-state index in [1.165, 1.54) is 16.9 Å². The number of ether oxygens (including phenoxy) is 1. The van der Waals surface area contributed by atoms with Crippen LogP contribution >= 0.6 is 11.3 Å². The number of aromatic nitrogens is 1. The molecular weight excluding hydrogens is 324 g/mol. The summed E-state index contributed by atoms with van der Waals surface area (Å²) in [5, 5.41) is 15.7. The molecule has 126 valence electrons. The fourth-order valence-corrected chi connectivity index (χ4v) is 4.22. The van der Waals surface area contributed by atoms with Crippen molar-refractivity contribution in [1.29, 1.82) is 0 Å². The van der Waals surface area contributed by atoms with E-state index in [0.29, 0.717) is 18.0 Å². The number of aliphatic hydroxyl groups is 1. The van der Waals surface area contributed by atoms with Crippen LogP contribution in [0.5, 0.6) is 5.75 Å². The Morgan fingerprint density at radius 3 is 3.04 bits per heavy atom. The molecule has 2 N–H and O–H groups in total. The Morgan fingerprint density at radius 1 is 1.38 bits per heavy atom. The van der Waals surface area contributed by atoms with Gasteiger partial charge in [-0.15, -0.1) is 11.3 Å². The lowest BCUT2D eigenvalue weighted by molar-refractivity contribution is -0.120. The monoisotopic (exact) mass is 344 g/mol. The number of fused-ring (bicyclic) bond motifs is 1. The first-order valence-corrected chi connectivity index (χ1v) is 9.23. The molecule has 1 aliphatic carbocycles.